The summed E-state index contributed by atoms with van der Waals surface area (Å²) < 4.78 is 0. The molecule has 1 atom stereocenters. The van der Waals surface area contributed by atoms with Gasteiger partial charge in [0.1, 0.15) is 0 Å². The molecule has 0 aliphatic carbocycles. The Labute approximate surface area is 90.1 Å². The molecule has 4 heteroatoms. The highest BCUT2D eigenvalue weighted by atomic mass is 32.2. The molecule has 1 aromatic heterocycles. The number of thioether (sulfide) groups is 1. The van der Waals surface area contributed by atoms with Crippen molar-refractivity contribution in [2.75, 3.05) is 18.1 Å². The van der Waals surface area contributed by atoms with E-state index in [4.69, 9.17) is 0 Å². The summed E-state index contributed by atoms with van der Waals surface area (Å²) in [6, 6.07) is 0.403. The van der Waals surface area contributed by atoms with E-state index in [9.17, 15) is 0 Å². The molecule has 0 spiro atoms. The van der Waals surface area contributed by atoms with Crippen LogP contribution in [0.1, 0.15) is 31.9 Å². The number of nitrogens with one attached hydrogen (secondary N) is 2. The number of rotatable bonds is 7. The van der Waals surface area contributed by atoms with Gasteiger partial charge >= 0.3 is 0 Å². The Morgan fingerprint density at radius 2 is 2.50 bits per heavy atom. The van der Waals surface area contributed by atoms with Gasteiger partial charge in [-0.25, -0.2) is 0 Å². The molecule has 0 aliphatic heterocycles. The van der Waals surface area contributed by atoms with Crippen molar-refractivity contribution in [3.63, 3.8) is 0 Å². The molecule has 0 saturated carbocycles. The average molecular weight is 213 g/mol. The minimum Gasteiger partial charge on any atom is -0.310 e. The third-order valence-electron chi connectivity index (χ3n) is 2.14. The van der Waals surface area contributed by atoms with E-state index in [1.54, 1.807) is 0 Å². The minimum atomic E-state index is 0.403. The van der Waals surface area contributed by atoms with E-state index in [1.807, 2.05) is 24.2 Å². The van der Waals surface area contributed by atoms with Gasteiger partial charge in [0.05, 0.1) is 6.20 Å². The molecule has 80 valence electrons. The molecule has 3 nitrogen and oxygen atoms in total. The maximum absolute atomic E-state index is 3.93. The molecule has 0 aromatic carbocycles. The highest BCUT2D eigenvalue weighted by Gasteiger charge is 2.03. The third kappa shape index (κ3) is 4.15. The van der Waals surface area contributed by atoms with Gasteiger partial charge in [-0.2, -0.15) is 16.9 Å². The van der Waals surface area contributed by atoms with Crippen molar-refractivity contribution in [1.82, 2.24) is 15.5 Å². The maximum Gasteiger partial charge on any atom is 0.0534 e. The summed E-state index contributed by atoms with van der Waals surface area (Å²) in [6.45, 7) is 5.45. The fourth-order valence-corrected chi connectivity index (χ4v) is 1.89. The Kier molecular flexibility index (Phi) is 5.71. The Hall–Kier alpha value is -0.480. The van der Waals surface area contributed by atoms with Crippen LogP contribution in [0.4, 0.5) is 0 Å². The van der Waals surface area contributed by atoms with Crippen molar-refractivity contribution in [1.29, 1.82) is 0 Å². The van der Waals surface area contributed by atoms with Crippen molar-refractivity contribution >= 4 is 11.8 Å². The lowest BCUT2D eigenvalue weighted by molar-refractivity contribution is 0.573. The minimum absolute atomic E-state index is 0.403. The topological polar surface area (TPSA) is 40.7 Å². The molecule has 0 bridgehead atoms. The van der Waals surface area contributed by atoms with E-state index in [0.717, 1.165) is 6.54 Å². The molecular weight excluding hydrogens is 194 g/mol. The predicted octanol–water partition coefficient (Wildman–Crippen LogP) is 2.20. The summed E-state index contributed by atoms with van der Waals surface area (Å²) in [5.74, 6) is 2.47. The quantitative estimate of drug-likeness (QED) is 0.682. The van der Waals surface area contributed by atoms with E-state index in [1.165, 1.54) is 23.5 Å². The van der Waals surface area contributed by atoms with Gasteiger partial charge in [0.2, 0.25) is 0 Å². The smallest absolute Gasteiger partial charge is 0.0534 e. The fraction of sp³-hybridized carbons (Fsp3) is 0.700. The summed E-state index contributed by atoms with van der Waals surface area (Å²) in [7, 11) is 0. The van der Waals surface area contributed by atoms with Gasteiger partial charge in [0, 0.05) is 17.8 Å². The van der Waals surface area contributed by atoms with Crippen molar-refractivity contribution in [3.05, 3.63) is 18.0 Å². The lowest BCUT2D eigenvalue weighted by Gasteiger charge is -2.11. The Morgan fingerprint density at radius 1 is 1.64 bits per heavy atom. The zero-order chi connectivity index (χ0) is 10.2. The first-order valence-electron chi connectivity index (χ1n) is 5.14. The number of hydrogen-bond donors (Lipinski definition) is 2. The van der Waals surface area contributed by atoms with E-state index in [-0.39, 0.29) is 0 Å². The van der Waals surface area contributed by atoms with Crippen LogP contribution in [0, 0.1) is 0 Å². The molecule has 0 amide bonds. The van der Waals surface area contributed by atoms with Gasteiger partial charge in [-0.3, -0.25) is 5.10 Å². The SMILES string of the molecule is CCSCCCNC(C)c1cn[nH]c1. The summed E-state index contributed by atoms with van der Waals surface area (Å²) >= 11 is 2.00. The molecule has 1 heterocycles. The average Bonchev–Trinajstić information content (AvgIpc) is 2.70. The van der Waals surface area contributed by atoms with Crippen LogP contribution >= 0.6 is 11.8 Å². The molecule has 1 rings (SSSR count). The van der Waals surface area contributed by atoms with Gasteiger partial charge in [-0.05, 0) is 31.4 Å². The van der Waals surface area contributed by atoms with Crippen LogP contribution in [0.5, 0.6) is 0 Å². The van der Waals surface area contributed by atoms with Gasteiger partial charge in [-0.1, -0.05) is 6.92 Å². The highest BCUT2D eigenvalue weighted by molar-refractivity contribution is 7.99. The normalized spacial score (nSPS) is 13.0. The van der Waals surface area contributed by atoms with Crippen LogP contribution in [0.2, 0.25) is 0 Å². The molecule has 2 N–H and O–H groups in total. The van der Waals surface area contributed by atoms with Crippen molar-refractivity contribution in [2.45, 2.75) is 26.3 Å². The molecule has 1 aromatic rings. The van der Waals surface area contributed by atoms with Crippen LogP contribution in [0.3, 0.4) is 0 Å². The molecular formula is C10H19N3S. The number of hydrogen-bond acceptors (Lipinski definition) is 3. The second kappa shape index (κ2) is 6.90. The summed E-state index contributed by atoms with van der Waals surface area (Å²) in [5.41, 5.74) is 1.23. The number of H-pyrrole nitrogens is 1. The van der Waals surface area contributed by atoms with Crippen molar-refractivity contribution < 1.29 is 0 Å². The number of nitrogens with zero attached hydrogens (tertiary/aromatic N) is 1. The standard InChI is InChI=1S/C10H19N3S/c1-3-14-6-4-5-11-9(2)10-7-12-13-8-10/h7-9,11H,3-6H2,1-2H3,(H,12,13). The summed E-state index contributed by atoms with van der Waals surface area (Å²) in [6.07, 6.45) is 5.05. The first-order valence-corrected chi connectivity index (χ1v) is 6.30. The lowest BCUT2D eigenvalue weighted by Crippen LogP contribution is -2.19. The Balaban J connectivity index is 2.07. The first kappa shape index (κ1) is 11.6. The van der Waals surface area contributed by atoms with Crippen LogP contribution < -0.4 is 5.32 Å². The first-order chi connectivity index (χ1) is 6.84. The lowest BCUT2D eigenvalue weighted by atomic mass is 10.2. The van der Waals surface area contributed by atoms with E-state index < -0.39 is 0 Å². The molecule has 0 fully saturated rings. The Bertz CT molecular complexity index is 223. The largest absolute Gasteiger partial charge is 0.310 e. The van der Waals surface area contributed by atoms with Crippen LogP contribution in [0.15, 0.2) is 12.4 Å². The zero-order valence-corrected chi connectivity index (χ0v) is 9.73. The molecule has 1 unspecified atom stereocenters. The third-order valence-corrected chi connectivity index (χ3v) is 3.13. The maximum atomic E-state index is 3.93. The van der Waals surface area contributed by atoms with Gasteiger partial charge in [0.15, 0.2) is 0 Å². The second-order valence-corrected chi connectivity index (χ2v) is 4.65. The van der Waals surface area contributed by atoms with Crippen molar-refractivity contribution in [3.8, 4) is 0 Å². The predicted molar refractivity (Wildman–Crippen MR) is 62.6 cm³/mol. The summed E-state index contributed by atoms with van der Waals surface area (Å²) in [5, 5.41) is 10.2. The molecule has 14 heavy (non-hydrogen) atoms. The number of aromatic amines is 1. The van der Waals surface area contributed by atoms with Crippen LogP contribution in [-0.2, 0) is 0 Å². The molecule has 0 saturated heterocycles. The van der Waals surface area contributed by atoms with Crippen LogP contribution in [-0.4, -0.2) is 28.2 Å². The van der Waals surface area contributed by atoms with Gasteiger partial charge < -0.3 is 5.32 Å². The Morgan fingerprint density at radius 3 is 3.14 bits per heavy atom. The van der Waals surface area contributed by atoms with Gasteiger partial charge in [0.25, 0.3) is 0 Å². The highest BCUT2D eigenvalue weighted by Crippen LogP contribution is 2.09. The van der Waals surface area contributed by atoms with E-state index in [0.29, 0.717) is 6.04 Å². The zero-order valence-electron chi connectivity index (χ0n) is 8.92. The fourth-order valence-electron chi connectivity index (χ4n) is 1.25. The van der Waals surface area contributed by atoms with Gasteiger partial charge in [-0.15, -0.1) is 0 Å². The monoisotopic (exact) mass is 213 g/mol. The van der Waals surface area contributed by atoms with E-state index >= 15 is 0 Å². The molecule has 0 aliphatic rings. The second-order valence-electron chi connectivity index (χ2n) is 3.26. The summed E-state index contributed by atoms with van der Waals surface area (Å²) in [4.78, 5) is 0. The van der Waals surface area contributed by atoms with E-state index in [2.05, 4.69) is 29.4 Å². The molecule has 0 radical (unpaired) electrons. The number of aromatic nitrogens is 2. The van der Waals surface area contributed by atoms with Crippen LogP contribution in [0.25, 0.3) is 0 Å². The van der Waals surface area contributed by atoms with Crippen molar-refractivity contribution in [2.24, 2.45) is 0 Å².